The Labute approximate surface area is 84.1 Å². The van der Waals surface area contributed by atoms with Crippen LogP contribution in [-0.4, -0.2) is 16.5 Å². The second kappa shape index (κ2) is 5.39. The summed E-state index contributed by atoms with van der Waals surface area (Å²) >= 11 is 0. The van der Waals surface area contributed by atoms with Crippen molar-refractivity contribution in [3.8, 4) is 0 Å². The fraction of sp³-hybridized carbons (Fsp3) is 0.556. The Morgan fingerprint density at radius 1 is 1.36 bits per heavy atom. The minimum absolute atomic E-state index is 0.666. The van der Waals surface area contributed by atoms with E-state index in [1.165, 1.54) is 12.7 Å². The van der Waals surface area contributed by atoms with Crippen LogP contribution in [0.15, 0.2) is 6.33 Å². The van der Waals surface area contributed by atoms with Gasteiger partial charge in [-0.25, -0.2) is 15.8 Å². The molecule has 14 heavy (non-hydrogen) atoms. The number of rotatable bonds is 5. The molecule has 0 aromatic carbocycles. The number of aromatic nitrogens is 2. The molecule has 5 nitrogen and oxygen atoms in total. The van der Waals surface area contributed by atoms with Crippen molar-refractivity contribution in [1.82, 2.24) is 9.97 Å². The lowest BCUT2D eigenvalue weighted by Crippen LogP contribution is -2.13. The zero-order chi connectivity index (χ0) is 10.4. The van der Waals surface area contributed by atoms with Crippen molar-refractivity contribution in [2.24, 2.45) is 5.84 Å². The third-order valence-corrected chi connectivity index (χ3v) is 2.04. The molecule has 4 N–H and O–H groups in total. The summed E-state index contributed by atoms with van der Waals surface area (Å²) in [5.41, 5.74) is 3.49. The van der Waals surface area contributed by atoms with Gasteiger partial charge in [-0.3, -0.25) is 0 Å². The van der Waals surface area contributed by atoms with Crippen molar-refractivity contribution in [3.05, 3.63) is 11.9 Å². The molecular formula is C9H17N5. The first-order valence-corrected chi connectivity index (χ1v) is 4.81. The zero-order valence-electron chi connectivity index (χ0n) is 8.67. The van der Waals surface area contributed by atoms with E-state index in [1.807, 2.05) is 6.92 Å². The van der Waals surface area contributed by atoms with Crippen LogP contribution in [-0.2, 0) is 0 Å². The third-order valence-electron chi connectivity index (χ3n) is 2.04. The van der Waals surface area contributed by atoms with E-state index in [-0.39, 0.29) is 0 Å². The molecule has 0 unspecified atom stereocenters. The molecule has 1 aromatic rings. The Morgan fingerprint density at radius 3 is 2.71 bits per heavy atom. The molecule has 0 radical (unpaired) electrons. The Bertz CT molecular complexity index is 287. The highest BCUT2D eigenvalue weighted by molar-refractivity contribution is 5.55. The van der Waals surface area contributed by atoms with E-state index in [4.69, 9.17) is 5.84 Å². The molecule has 5 heteroatoms. The number of nitrogen functional groups attached to an aromatic ring is 1. The van der Waals surface area contributed by atoms with Crippen LogP contribution in [0.25, 0.3) is 0 Å². The molecule has 0 amide bonds. The molecule has 0 aliphatic rings. The molecule has 0 aliphatic carbocycles. The van der Waals surface area contributed by atoms with Crippen LogP contribution in [0.2, 0.25) is 0 Å². The van der Waals surface area contributed by atoms with E-state index in [0.29, 0.717) is 5.82 Å². The monoisotopic (exact) mass is 195 g/mol. The minimum atomic E-state index is 0.666. The number of hydrazine groups is 1. The average Bonchev–Trinajstić information content (AvgIpc) is 2.21. The van der Waals surface area contributed by atoms with Gasteiger partial charge in [-0.2, -0.15) is 0 Å². The summed E-state index contributed by atoms with van der Waals surface area (Å²) in [6.45, 7) is 5.02. The fourth-order valence-corrected chi connectivity index (χ4v) is 1.16. The zero-order valence-corrected chi connectivity index (χ0v) is 8.67. The van der Waals surface area contributed by atoms with Crippen molar-refractivity contribution in [2.75, 3.05) is 17.3 Å². The molecule has 0 atom stereocenters. The van der Waals surface area contributed by atoms with Gasteiger partial charge in [0.2, 0.25) is 0 Å². The van der Waals surface area contributed by atoms with Gasteiger partial charge < -0.3 is 10.7 Å². The van der Waals surface area contributed by atoms with Gasteiger partial charge in [-0.1, -0.05) is 13.3 Å². The summed E-state index contributed by atoms with van der Waals surface area (Å²) in [6, 6.07) is 0. The maximum Gasteiger partial charge on any atom is 0.148 e. The molecule has 0 spiro atoms. The summed E-state index contributed by atoms with van der Waals surface area (Å²) in [5, 5.41) is 3.24. The molecule has 0 aliphatic heterocycles. The fourth-order valence-electron chi connectivity index (χ4n) is 1.16. The van der Waals surface area contributed by atoms with E-state index in [9.17, 15) is 0 Å². The normalized spacial score (nSPS) is 9.93. The van der Waals surface area contributed by atoms with Crippen LogP contribution in [0.1, 0.15) is 25.3 Å². The van der Waals surface area contributed by atoms with Gasteiger partial charge in [0.25, 0.3) is 0 Å². The number of nitrogens with zero attached hydrogens (tertiary/aromatic N) is 2. The lowest BCUT2D eigenvalue weighted by Gasteiger charge is -2.09. The highest BCUT2D eigenvalue weighted by Crippen LogP contribution is 2.16. The van der Waals surface area contributed by atoms with Crippen LogP contribution in [0.4, 0.5) is 11.6 Å². The summed E-state index contributed by atoms with van der Waals surface area (Å²) in [5.74, 6) is 6.82. The maximum absolute atomic E-state index is 5.31. The van der Waals surface area contributed by atoms with Gasteiger partial charge >= 0.3 is 0 Å². The van der Waals surface area contributed by atoms with E-state index < -0.39 is 0 Å². The van der Waals surface area contributed by atoms with Crippen LogP contribution in [0.5, 0.6) is 0 Å². The van der Waals surface area contributed by atoms with E-state index >= 15 is 0 Å². The topological polar surface area (TPSA) is 75.9 Å². The molecule has 0 saturated carbocycles. The smallest absolute Gasteiger partial charge is 0.148 e. The van der Waals surface area contributed by atoms with Crippen LogP contribution in [0.3, 0.4) is 0 Å². The third kappa shape index (κ3) is 2.56. The highest BCUT2D eigenvalue weighted by Gasteiger charge is 2.03. The first-order valence-electron chi connectivity index (χ1n) is 4.81. The van der Waals surface area contributed by atoms with Gasteiger partial charge in [0.15, 0.2) is 0 Å². The van der Waals surface area contributed by atoms with Crippen LogP contribution < -0.4 is 16.6 Å². The molecule has 1 rings (SSSR count). The summed E-state index contributed by atoms with van der Waals surface area (Å²) in [7, 11) is 0. The van der Waals surface area contributed by atoms with Gasteiger partial charge in [0.1, 0.15) is 18.0 Å². The van der Waals surface area contributed by atoms with Crippen LogP contribution >= 0.6 is 0 Å². The van der Waals surface area contributed by atoms with Crippen molar-refractivity contribution in [1.29, 1.82) is 0 Å². The highest BCUT2D eigenvalue weighted by atomic mass is 15.3. The number of anilines is 2. The van der Waals surface area contributed by atoms with Crippen molar-refractivity contribution in [3.63, 3.8) is 0 Å². The van der Waals surface area contributed by atoms with Gasteiger partial charge in [0, 0.05) is 12.1 Å². The second-order valence-electron chi connectivity index (χ2n) is 3.12. The lowest BCUT2D eigenvalue weighted by molar-refractivity contribution is 0.829. The lowest BCUT2D eigenvalue weighted by atomic mass is 10.3. The Balaban J connectivity index is 2.66. The second-order valence-corrected chi connectivity index (χ2v) is 3.12. The number of nitrogens with one attached hydrogen (secondary N) is 2. The molecule has 0 bridgehead atoms. The van der Waals surface area contributed by atoms with Gasteiger partial charge in [0.05, 0.1) is 0 Å². The summed E-state index contributed by atoms with van der Waals surface area (Å²) in [6.07, 6.45) is 3.80. The number of unbranched alkanes of at least 4 members (excludes halogenated alkanes) is 1. The standard InChI is InChI=1S/C9H17N5/c1-3-4-5-11-8-7(2)9(14-10)13-6-12-8/h6H,3-5,10H2,1-2H3,(H2,11,12,13,14). The van der Waals surface area contributed by atoms with E-state index in [2.05, 4.69) is 27.6 Å². The largest absolute Gasteiger partial charge is 0.370 e. The minimum Gasteiger partial charge on any atom is -0.370 e. The Hall–Kier alpha value is -1.36. The maximum atomic E-state index is 5.31. The average molecular weight is 195 g/mol. The molecular weight excluding hydrogens is 178 g/mol. The number of nitrogens with two attached hydrogens (primary N) is 1. The predicted molar refractivity (Wildman–Crippen MR) is 58.0 cm³/mol. The number of hydrogen-bond donors (Lipinski definition) is 3. The van der Waals surface area contributed by atoms with Gasteiger partial charge in [-0.15, -0.1) is 0 Å². The Morgan fingerprint density at radius 2 is 2.07 bits per heavy atom. The number of hydrogen-bond acceptors (Lipinski definition) is 5. The molecule has 0 fully saturated rings. The van der Waals surface area contributed by atoms with Crippen LogP contribution in [0, 0.1) is 6.92 Å². The Kier molecular flexibility index (Phi) is 4.12. The first-order chi connectivity index (χ1) is 6.79. The predicted octanol–water partition coefficient (Wildman–Crippen LogP) is 1.28. The summed E-state index contributed by atoms with van der Waals surface area (Å²) in [4.78, 5) is 8.14. The first kappa shape index (κ1) is 10.7. The molecule has 1 heterocycles. The molecule has 0 saturated heterocycles. The van der Waals surface area contributed by atoms with Crippen molar-refractivity contribution < 1.29 is 0 Å². The van der Waals surface area contributed by atoms with Crippen molar-refractivity contribution in [2.45, 2.75) is 26.7 Å². The van der Waals surface area contributed by atoms with E-state index in [1.54, 1.807) is 0 Å². The molecule has 78 valence electrons. The SMILES string of the molecule is CCCCNc1ncnc(NN)c1C. The molecule has 1 aromatic heterocycles. The van der Waals surface area contributed by atoms with Crippen molar-refractivity contribution >= 4 is 11.6 Å². The quantitative estimate of drug-likeness (QED) is 0.375. The van der Waals surface area contributed by atoms with Gasteiger partial charge in [-0.05, 0) is 13.3 Å². The van der Waals surface area contributed by atoms with E-state index in [0.717, 1.165) is 24.3 Å². The summed E-state index contributed by atoms with van der Waals surface area (Å²) < 4.78 is 0.